The fraction of sp³-hybridized carbons (Fsp3) is 0.464. The number of carboxylic acid groups (broad SMARTS) is 1. The number of rotatable bonds is 9. The Balaban J connectivity index is 1.02. The molecule has 2 saturated carbocycles. The molecule has 2 amide bonds. The fourth-order valence-corrected chi connectivity index (χ4v) is 5.73. The Morgan fingerprint density at radius 3 is 2.14 bits per heavy atom. The number of alkyl carbamates (subject to hydrolysis) is 1. The van der Waals surface area contributed by atoms with Gasteiger partial charge in [-0.2, -0.15) is 0 Å². The van der Waals surface area contributed by atoms with E-state index in [1.54, 1.807) is 0 Å². The Kier molecular flexibility index (Phi) is 6.75. The van der Waals surface area contributed by atoms with Crippen molar-refractivity contribution in [1.29, 1.82) is 0 Å². The molecule has 35 heavy (non-hydrogen) atoms. The van der Waals surface area contributed by atoms with Crippen LogP contribution in [0.4, 0.5) is 4.79 Å². The average molecular weight is 477 g/mol. The minimum Gasteiger partial charge on any atom is -0.480 e. The molecule has 3 aliphatic rings. The predicted octanol–water partition coefficient (Wildman–Crippen LogP) is 4.31. The van der Waals surface area contributed by atoms with Gasteiger partial charge in [-0.3, -0.25) is 4.79 Å². The highest BCUT2D eigenvalue weighted by atomic mass is 16.5. The summed E-state index contributed by atoms with van der Waals surface area (Å²) in [6, 6.07) is 15.7. The molecule has 7 nitrogen and oxygen atoms in total. The van der Waals surface area contributed by atoms with Crippen molar-refractivity contribution in [2.24, 2.45) is 17.8 Å². The normalized spacial score (nSPS) is 21.6. The summed E-state index contributed by atoms with van der Waals surface area (Å²) in [7, 11) is 0. The molecule has 0 aromatic heterocycles. The van der Waals surface area contributed by atoms with Crippen molar-refractivity contribution in [3.63, 3.8) is 0 Å². The zero-order chi connectivity index (χ0) is 24.4. The maximum absolute atomic E-state index is 12.4. The number of aliphatic carboxylic acids is 1. The van der Waals surface area contributed by atoms with E-state index in [2.05, 4.69) is 34.9 Å². The highest BCUT2D eigenvalue weighted by Crippen LogP contribution is 2.44. The molecule has 0 spiro atoms. The molecule has 3 aliphatic carbocycles. The lowest BCUT2D eigenvalue weighted by Gasteiger charge is -2.36. The summed E-state index contributed by atoms with van der Waals surface area (Å²) in [5.41, 5.74) is 4.76. The lowest BCUT2D eigenvalue weighted by Crippen LogP contribution is -2.49. The Bertz CT molecular complexity index is 1060. The molecule has 0 radical (unpaired) electrons. The van der Waals surface area contributed by atoms with Gasteiger partial charge in [0, 0.05) is 18.9 Å². The molecule has 7 heteroatoms. The van der Waals surface area contributed by atoms with Crippen LogP contribution in [0.15, 0.2) is 48.5 Å². The van der Waals surface area contributed by atoms with Gasteiger partial charge in [-0.05, 0) is 65.7 Å². The van der Waals surface area contributed by atoms with Crippen molar-refractivity contribution in [2.75, 3.05) is 13.2 Å². The highest BCUT2D eigenvalue weighted by Gasteiger charge is 2.36. The van der Waals surface area contributed by atoms with Crippen molar-refractivity contribution in [3.05, 3.63) is 59.7 Å². The minimum absolute atomic E-state index is 0.0364. The summed E-state index contributed by atoms with van der Waals surface area (Å²) >= 11 is 0. The molecular weight excluding hydrogens is 444 g/mol. The van der Waals surface area contributed by atoms with Gasteiger partial charge < -0.3 is 20.5 Å². The first kappa shape index (κ1) is 23.4. The number of hydrogen-bond donors (Lipinski definition) is 3. The summed E-state index contributed by atoms with van der Waals surface area (Å²) in [5, 5.41) is 15.0. The van der Waals surface area contributed by atoms with Gasteiger partial charge in [0.1, 0.15) is 12.6 Å². The van der Waals surface area contributed by atoms with E-state index >= 15 is 0 Å². The number of carbonyl (C=O) groups excluding carboxylic acids is 2. The molecule has 0 aliphatic heterocycles. The minimum atomic E-state index is -0.943. The van der Waals surface area contributed by atoms with Crippen LogP contribution in [0.2, 0.25) is 0 Å². The molecule has 184 valence electrons. The zero-order valence-corrected chi connectivity index (χ0v) is 19.7. The second kappa shape index (κ2) is 10.1. The number of fused-ring (bicyclic) bond motifs is 3. The first-order chi connectivity index (χ1) is 17.0. The summed E-state index contributed by atoms with van der Waals surface area (Å²) < 4.78 is 5.58. The topological polar surface area (TPSA) is 105 Å². The van der Waals surface area contributed by atoms with E-state index in [1.165, 1.54) is 22.3 Å². The van der Waals surface area contributed by atoms with Crippen molar-refractivity contribution >= 4 is 18.0 Å². The number of benzene rings is 2. The Morgan fingerprint density at radius 2 is 1.57 bits per heavy atom. The van der Waals surface area contributed by atoms with E-state index in [-0.39, 0.29) is 23.7 Å². The first-order valence-corrected chi connectivity index (χ1v) is 12.6. The number of hydrogen-bond acceptors (Lipinski definition) is 4. The molecule has 2 aromatic carbocycles. The second-order valence-electron chi connectivity index (χ2n) is 10.2. The standard InChI is InChI=1S/C28H32N2O5/c31-25(30-26(27(32)33)19-6-5-7-19)14-17-12-18(13-17)15-29-28(34)35-16-24-22-10-3-1-8-20(22)21-9-2-4-11-23(21)24/h1-4,8-11,17-19,24,26H,5-7,12-16H2,(H,29,34)(H,30,31)(H,32,33). The third-order valence-corrected chi connectivity index (χ3v) is 7.89. The molecular formula is C28H32N2O5. The molecule has 3 N–H and O–H groups in total. The van der Waals surface area contributed by atoms with Crippen LogP contribution in [0, 0.1) is 17.8 Å². The van der Waals surface area contributed by atoms with Crippen LogP contribution >= 0.6 is 0 Å². The van der Waals surface area contributed by atoms with Gasteiger partial charge in [-0.1, -0.05) is 55.0 Å². The number of amides is 2. The average Bonchev–Trinajstić information content (AvgIpc) is 3.11. The van der Waals surface area contributed by atoms with E-state index < -0.39 is 18.1 Å². The number of nitrogens with one attached hydrogen (secondary N) is 2. The lowest BCUT2D eigenvalue weighted by atomic mass is 9.73. The first-order valence-electron chi connectivity index (χ1n) is 12.6. The van der Waals surface area contributed by atoms with Gasteiger partial charge >= 0.3 is 12.1 Å². The van der Waals surface area contributed by atoms with Crippen LogP contribution in [0.5, 0.6) is 0 Å². The van der Waals surface area contributed by atoms with Gasteiger partial charge in [-0.25, -0.2) is 9.59 Å². The smallest absolute Gasteiger partial charge is 0.407 e. The Morgan fingerprint density at radius 1 is 0.943 bits per heavy atom. The number of carbonyl (C=O) groups is 3. The molecule has 0 saturated heterocycles. The van der Waals surface area contributed by atoms with E-state index in [1.807, 2.05) is 24.3 Å². The van der Waals surface area contributed by atoms with Gasteiger partial charge in [0.05, 0.1) is 0 Å². The van der Waals surface area contributed by atoms with Crippen molar-refractivity contribution < 1.29 is 24.2 Å². The third kappa shape index (κ3) is 5.04. The molecule has 5 rings (SSSR count). The van der Waals surface area contributed by atoms with Gasteiger partial charge in [-0.15, -0.1) is 0 Å². The Labute approximate surface area is 205 Å². The van der Waals surface area contributed by atoms with Gasteiger partial charge in [0.2, 0.25) is 5.91 Å². The van der Waals surface area contributed by atoms with Crippen molar-refractivity contribution in [3.8, 4) is 11.1 Å². The van der Waals surface area contributed by atoms with E-state index in [0.29, 0.717) is 25.5 Å². The second-order valence-corrected chi connectivity index (χ2v) is 10.2. The quantitative estimate of drug-likeness (QED) is 0.500. The summed E-state index contributed by atoms with van der Waals surface area (Å²) in [6.45, 7) is 0.813. The maximum Gasteiger partial charge on any atom is 0.407 e. The van der Waals surface area contributed by atoms with Crippen LogP contribution in [-0.2, 0) is 14.3 Å². The zero-order valence-electron chi connectivity index (χ0n) is 19.7. The molecule has 2 fully saturated rings. The molecule has 0 heterocycles. The van der Waals surface area contributed by atoms with Crippen molar-refractivity contribution in [1.82, 2.24) is 10.6 Å². The SMILES string of the molecule is O=C(CC1CC(CNC(=O)OCC2c3ccccc3-c3ccccc32)C1)NC(C(=O)O)C1CCC1. The van der Waals surface area contributed by atoms with E-state index in [0.717, 1.165) is 32.1 Å². The fourth-order valence-electron chi connectivity index (χ4n) is 5.73. The number of ether oxygens (including phenoxy) is 1. The number of carboxylic acids is 1. The van der Waals surface area contributed by atoms with E-state index in [4.69, 9.17) is 4.74 Å². The van der Waals surface area contributed by atoms with E-state index in [9.17, 15) is 19.5 Å². The van der Waals surface area contributed by atoms with Crippen LogP contribution < -0.4 is 10.6 Å². The summed E-state index contributed by atoms with van der Waals surface area (Å²) in [6.07, 6.45) is 4.38. The maximum atomic E-state index is 12.4. The third-order valence-electron chi connectivity index (χ3n) is 7.89. The Hall–Kier alpha value is -3.35. The van der Waals surface area contributed by atoms with Crippen LogP contribution in [0.3, 0.4) is 0 Å². The van der Waals surface area contributed by atoms with Crippen LogP contribution in [0.1, 0.15) is 55.6 Å². The molecule has 2 aromatic rings. The summed E-state index contributed by atoms with van der Waals surface area (Å²) in [5.74, 6) is -0.476. The highest BCUT2D eigenvalue weighted by molar-refractivity contribution is 5.84. The molecule has 1 unspecified atom stereocenters. The molecule has 0 bridgehead atoms. The summed E-state index contributed by atoms with van der Waals surface area (Å²) in [4.78, 5) is 36.1. The largest absolute Gasteiger partial charge is 0.480 e. The lowest BCUT2D eigenvalue weighted by molar-refractivity contribution is -0.144. The van der Waals surface area contributed by atoms with Gasteiger partial charge in [0.25, 0.3) is 0 Å². The van der Waals surface area contributed by atoms with Crippen LogP contribution in [-0.4, -0.2) is 42.3 Å². The monoisotopic (exact) mass is 476 g/mol. The predicted molar refractivity (Wildman–Crippen MR) is 131 cm³/mol. The van der Waals surface area contributed by atoms with Gasteiger partial charge in [0.15, 0.2) is 0 Å². The van der Waals surface area contributed by atoms with Crippen molar-refractivity contribution in [2.45, 2.75) is 50.5 Å². The van der Waals surface area contributed by atoms with Crippen LogP contribution in [0.25, 0.3) is 11.1 Å². The molecule has 1 atom stereocenters.